The molecule has 158 valence electrons. The van der Waals surface area contributed by atoms with E-state index in [4.69, 9.17) is 34.0 Å². The summed E-state index contributed by atoms with van der Waals surface area (Å²) in [6, 6.07) is 3.53. The number of carbonyl (C=O) groups is 2. The first kappa shape index (κ1) is 24.6. The number of carbonyl (C=O) groups excluding carboxylic acids is 1. The second-order valence-electron chi connectivity index (χ2n) is 6.44. The summed E-state index contributed by atoms with van der Waals surface area (Å²) in [6.45, 7) is 0. The molecule has 0 saturated heterocycles. The fraction of sp³-hybridized carbons (Fsp3) is 0.529. The fourth-order valence-corrected chi connectivity index (χ4v) is 3.34. The van der Waals surface area contributed by atoms with Crippen LogP contribution in [0.15, 0.2) is 29.2 Å². The van der Waals surface area contributed by atoms with E-state index in [9.17, 15) is 18.0 Å². The van der Waals surface area contributed by atoms with E-state index in [0.717, 1.165) is 6.26 Å². The molecular weight excluding hydrogens is 434 g/mol. The van der Waals surface area contributed by atoms with Crippen LogP contribution in [0.1, 0.15) is 37.4 Å². The van der Waals surface area contributed by atoms with Crippen LogP contribution in [0.25, 0.3) is 0 Å². The molecule has 3 atom stereocenters. The predicted octanol–water partition coefficient (Wildman–Crippen LogP) is 2.36. The summed E-state index contributed by atoms with van der Waals surface area (Å²) in [5, 5.41) is 11.1. The van der Waals surface area contributed by atoms with Gasteiger partial charge in [0.15, 0.2) is 14.7 Å². The van der Waals surface area contributed by atoms with E-state index in [1.807, 2.05) is 0 Å². The van der Waals surface area contributed by atoms with E-state index in [-0.39, 0.29) is 23.3 Å². The summed E-state index contributed by atoms with van der Waals surface area (Å²) in [7, 11) is -3.43. The number of carboxylic acids is 1. The number of halogens is 3. The largest absolute Gasteiger partial charge is 0.481 e. The SMILES string of the molecule is CS(=O)(=O)c1ccc(C(F)[C@H](CC(N)CCCC(=O)O)NC(=O)C(Cl)Cl)cc1. The highest BCUT2D eigenvalue weighted by Gasteiger charge is 2.28. The van der Waals surface area contributed by atoms with Crippen molar-refractivity contribution in [2.24, 2.45) is 5.73 Å². The molecule has 1 aromatic rings. The first-order valence-electron chi connectivity index (χ1n) is 8.41. The average molecular weight is 457 g/mol. The Balaban J connectivity index is 2.93. The van der Waals surface area contributed by atoms with E-state index >= 15 is 4.39 Å². The van der Waals surface area contributed by atoms with Gasteiger partial charge in [0.25, 0.3) is 5.91 Å². The number of carboxylic acid groups (broad SMARTS) is 1. The summed E-state index contributed by atoms with van der Waals surface area (Å²) >= 11 is 11.0. The van der Waals surface area contributed by atoms with Crippen molar-refractivity contribution in [2.75, 3.05) is 6.26 Å². The van der Waals surface area contributed by atoms with E-state index in [2.05, 4.69) is 5.32 Å². The Morgan fingerprint density at radius 3 is 2.29 bits per heavy atom. The van der Waals surface area contributed by atoms with Crippen molar-refractivity contribution < 1.29 is 27.5 Å². The van der Waals surface area contributed by atoms with Gasteiger partial charge in [-0.15, -0.1) is 0 Å². The zero-order valence-corrected chi connectivity index (χ0v) is 17.5. The van der Waals surface area contributed by atoms with E-state index in [1.165, 1.54) is 24.3 Å². The number of nitrogens with one attached hydrogen (secondary N) is 1. The summed E-state index contributed by atoms with van der Waals surface area (Å²) in [5.41, 5.74) is 6.10. The molecule has 0 fully saturated rings. The third-order valence-corrected chi connectivity index (χ3v) is 5.55. The molecule has 0 heterocycles. The number of aliphatic carboxylic acids is 1. The van der Waals surface area contributed by atoms with Gasteiger partial charge in [-0.2, -0.15) is 0 Å². The van der Waals surface area contributed by atoms with Crippen LogP contribution in [0.4, 0.5) is 4.39 Å². The van der Waals surface area contributed by atoms with Crippen molar-refractivity contribution in [2.45, 2.75) is 53.7 Å². The molecule has 7 nitrogen and oxygen atoms in total. The normalized spacial score (nSPS) is 15.1. The topological polar surface area (TPSA) is 127 Å². The van der Waals surface area contributed by atoms with Gasteiger partial charge in [-0.3, -0.25) is 9.59 Å². The van der Waals surface area contributed by atoms with Crippen molar-refractivity contribution in [1.82, 2.24) is 5.32 Å². The number of benzene rings is 1. The molecule has 0 saturated carbocycles. The van der Waals surface area contributed by atoms with Gasteiger partial charge in [-0.05, 0) is 37.0 Å². The lowest BCUT2D eigenvalue weighted by Gasteiger charge is -2.26. The Labute approximate surface area is 173 Å². The number of nitrogens with two attached hydrogens (primary N) is 1. The van der Waals surface area contributed by atoms with Gasteiger partial charge in [0.2, 0.25) is 0 Å². The van der Waals surface area contributed by atoms with Crippen LogP contribution < -0.4 is 11.1 Å². The molecule has 2 unspecified atom stereocenters. The molecule has 0 spiro atoms. The zero-order chi connectivity index (χ0) is 21.5. The van der Waals surface area contributed by atoms with Crippen molar-refractivity contribution >= 4 is 44.9 Å². The van der Waals surface area contributed by atoms with Crippen LogP contribution in [-0.2, 0) is 19.4 Å². The van der Waals surface area contributed by atoms with Crippen LogP contribution in [0, 0.1) is 0 Å². The minimum absolute atomic E-state index is 0.0147. The Bertz CT molecular complexity index is 774. The Morgan fingerprint density at radius 1 is 1.25 bits per heavy atom. The number of hydrogen-bond acceptors (Lipinski definition) is 5. The van der Waals surface area contributed by atoms with Crippen LogP contribution in [-0.4, -0.2) is 48.6 Å². The number of sulfone groups is 1. The van der Waals surface area contributed by atoms with Crippen molar-refractivity contribution in [3.8, 4) is 0 Å². The molecule has 0 aliphatic rings. The van der Waals surface area contributed by atoms with Crippen molar-refractivity contribution in [1.29, 1.82) is 0 Å². The number of hydrogen-bond donors (Lipinski definition) is 3. The van der Waals surface area contributed by atoms with Crippen LogP contribution in [0.5, 0.6) is 0 Å². The molecule has 0 bridgehead atoms. The Morgan fingerprint density at radius 2 is 1.82 bits per heavy atom. The second-order valence-corrected chi connectivity index (χ2v) is 9.55. The van der Waals surface area contributed by atoms with Crippen LogP contribution >= 0.6 is 23.2 Å². The summed E-state index contributed by atoms with van der Waals surface area (Å²) in [5.74, 6) is -1.75. The minimum Gasteiger partial charge on any atom is -0.481 e. The van der Waals surface area contributed by atoms with Gasteiger partial charge in [0.1, 0.15) is 6.17 Å². The molecule has 0 aromatic heterocycles. The highest BCUT2D eigenvalue weighted by atomic mass is 35.5. The lowest BCUT2D eigenvalue weighted by Crippen LogP contribution is -2.44. The first-order chi connectivity index (χ1) is 12.9. The lowest BCUT2D eigenvalue weighted by molar-refractivity contribution is -0.137. The zero-order valence-electron chi connectivity index (χ0n) is 15.1. The van der Waals surface area contributed by atoms with Crippen molar-refractivity contribution in [3.63, 3.8) is 0 Å². The molecule has 11 heteroatoms. The van der Waals surface area contributed by atoms with E-state index in [1.54, 1.807) is 0 Å². The molecule has 28 heavy (non-hydrogen) atoms. The highest BCUT2D eigenvalue weighted by Crippen LogP contribution is 2.26. The van der Waals surface area contributed by atoms with Gasteiger partial charge < -0.3 is 16.2 Å². The third-order valence-electron chi connectivity index (χ3n) is 4.03. The monoisotopic (exact) mass is 456 g/mol. The highest BCUT2D eigenvalue weighted by molar-refractivity contribution is 7.90. The van der Waals surface area contributed by atoms with E-state index < -0.39 is 44.8 Å². The van der Waals surface area contributed by atoms with Gasteiger partial charge in [0.05, 0.1) is 10.9 Å². The van der Waals surface area contributed by atoms with Crippen LogP contribution in [0.3, 0.4) is 0 Å². The van der Waals surface area contributed by atoms with Gasteiger partial charge in [-0.25, -0.2) is 12.8 Å². The summed E-state index contributed by atoms with van der Waals surface area (Å²) < 4.78 is 38.1. The molecule has 1 rings (SSSR count). The number of amides is 1. The molecule has 0 aliphatic carbocycles. The van der Waals surface area contributed by atoms with Crippen molar-refractivity contribution in [3.05, 3.63) is 29.8 Å². The maximum absolute atomic E-state index is 15.1. The summed E-state index contributed by atoms with van der Waals surface area (Å²) in [6.07, 6.45) is -0.0813. The second kappa shape index (κ2) is 10.9. The molecule has 1 aromatic carbocycles. The van der Waals surface area contributed by atoms with E-state index in [0.29, 0.717) is 12.8 Å². The third kappa shape index (κ3) is 8.30. The molecule has 1 amide bonds. The molecule has 0 radical (unpaired) electrons. The van der Waals surface area contributed by atoms with Gasteiger partial charge in [0, 0.05) is 18.7 Å². The average Bonchev–Trinajstić information content (AvgIpc) is 2.59. The maximum atomic E-state index is 15.1. The fourth-order valence-electron chi connectivity index (χ4n) is 2.59. The molecule has 0 aliphatic heterocycles. The number of rotatable bonds is 11. The quantitative estimate of drug-likeness (QED) is 0.438. The Hall–Kier alpha value is -1.42. The van der Waals surface area contributed by atoms with Crippen LogP contribution in [0.2, 0.25) is 0 Å². The minimum atomic E-state index is -3.43. The maximum Gasteiger partial charge on any atom is 0.303 e. The molecular formula is C17H23Cl2FN2O5S. The smallest absolute Gasteiger partial charge is 0.303 e. The predicted molar refractivity (Wildman–Crippen MR) is 105 cm³/mol. The van der Waals surface area contributed by atoms with Gasteiger partial charge in [-0.1, -0.05) is 35.3 Å². The summed E-state index contributed by atoms with van der Waals surface area (Å²) in [4.78, 5) is 21.0. The first-order valence-corrected chi connectivity index (χ1v) is 11.2. The molecule has 4 N–H and O–H groups in total. The van der Waals surface area contributed by atoms with Gasteiger partial charge >= 0.3 is 5.97 Å². The number of alkyl halides is 3. The Kier molecular flexibility index (Phi) is 9.62. The lowest BCUT2D eigenvalue weighted by atomic mass is 9.95. The standard InChI is InChI=1S/C17H23Cl2FN2O5S/c1-28(26,27)12-7-5-10(6-8-12)15(20)13(22-17(25)16(18)19)9-11(21)3-2-4-14(23)24/h5-8,11,13,15-16H,2-4,9,21H2,1H3,(H,22,25)(H,23,24)/t11?,13-,15?/m0/s1.